The molecule has 0 fully saturated rings. The average Bonchev–Trinajstić information content (AvgIpc) is 2.99. The summed E-state index contributed by atoms with van der Waals surface area (Å²) < 4.78 is 13.4. The van der Waals surface area contributed by atoms with Gasteiger partial charge in [-0.1, -0.05) is 40.0 Å². The van der Waals surface area contributed by atoms with Crippen molar-refractivity contribution in [3.05, 3.63) is 5.38 Å². The summed E-state index contributed by atoms with van der Waals surface area (Å²) in [5, 5.41) is 2.19. The maximum atomic E-state index is 6.05. The number of hydrogen-bond acceptors (Lipinski definition) is 3. The molecule has 0 aromatic carbocycles. The normalized spacial score (nSPS) is 15.0. The van der Waals surface area contributed by atoms with Crippen LogP contribution < -0.4 is 9.47 Å². The van der Waals surface area contributed by atoms with Gasteiger partial charge in [-0.3, -0.25) is 0 Å². The molecule has 0 saturated carbocycles. The highest BCUT2D eigenvalue weighted by Crippen LogP contribution is 2.65. The van der Waals surface area contributed by atoms with E-state index in [9.17, 15) is 0 Å². The molecule has 0 N–H and O–H groups in total. The second-order valence-corrected chi connectivity index (χ2v) is 11.0. The third-order valence-corrected chi connectivity index (χ3v) is 10.6. The van der Waals surface area contributed by atoms with Gasteiger partial charge < -0.3 is 9.47 Å². The lowest BCUT2D eigenvalue weighted by atomic mass is 10.4. The molecule has 0 bridgehead atoms. The number of unbranched alkanes of at least 4 members (excludes halogenated alkanes) is 3. The zero-order valence-corrected chi connectivity index (χ0v) is 16.1. The Labute approximate surface area is 141 Å². The van der Waals surface area contributed by atoms with Crippen LogP contribution in [-0.2, 0) is 0 Å². The second-order valence-electron chi connectivity index (χ2n) is 6.13. The molecule has 0 saturated heterocycles. The highest BCUT2D eigenvalue weighted by atomic mass is 32.3. The number of fused-ring (bicyclic) bond motifs is 1. The van der Waals surface area contributed by atoms with Crippen LogP contribution in [0.25, 0.3) is 0 Å². The highest BCUT2D eigenvalue weighted by molar-refractivity contribution is 8.34. The van der Waals surface area contributed by atoms with Gasteiger partial charge in [-0.05, 0) is 36.5 Å². The van der Waals surface area contributed by atoms with E-state index >= 15 is 0 Å². The summed E-state index contributed by atoms with van der Waals surface area (Å²) in [6.07, 6.45) is 7.90. The van der Waals surface area contributed by atoms with Crippen molar-refractivity contribution in [2.24, 2.45) is 0 Å². The lowest BCUT2D eigenvalue weighted by Gasteiger charge is -2.40. The van der Waals surface area contributed by atoms with Crippen LogP contribution in [0, 0.1) is 0 Å². The van der Waals surface area contributed by atoms with Crippen molar-refractivity contribution in [3.8, 4) is 11.5 Å². The largest absolute Gasteiger partial charge is 0.485 e. The van der Waals surface area contributed by atoms with Gasteiger partial charge in [0, 0.05) is 5.38 Å². The van der Waals surface area contributed by atoms with E-state index in [1.807, 2.05) is 11.3 Å². The minimum Gasteiger partial charge on any atom is -0.485 e. The van der Waals surface area contributed by atoms with E-state index in [1.54, 1.807) is 4.21 Å². The van der Waals surface area contributed by atoms with Gasteiger partial charge in [0.2, 0.25) is 0 Å². The van der Waals surface area contributed by atoms with Crippen LogP contribution >= 0.6 is 21.4 Å². The van der Waals surface area contributed by atoms with Crippen LogP contribution in [0.3, 0.4) is 0 Å². The number of thiophene rings is 1. The van der Waals surface area contributed by atoms with E-state index in [-0.39, 0.29) is 0 Å². The van der Waals surface area contributed by atoms with Gasteiger partial charge in [0.05, 0.1) is 4.21 Å². The van der Waals surface area contributed by atoms with Crippen molar-refractivity contribution in [3.63, 3.8) is 0 Å². The van der Waals surface area contributed by atoms with Crippen molar-refractivity contribution in [1.29, 1.82) is 0 Å². The summed E-state index contributed by atoms with van der Waals surface area (Å²) in [7, 11) is -0.746. The van der Waals surface area contributed by atoms with Crippen LogP contribution in [0.15, 0.2) is 9.59 Å². The molecule has 1 aromatic rings. The quantitative estimate of drug-likeness (QED) is 0.512. The molecule has 22 heavy (non-hydrogen) atoms. The van der Waals surface area contributed by atoms with Crippen molar-refractivity contribution in [1.82, 2.24) is 0 Å². The summed E-state index contributed by atoms with van der Waals surface area (Å²) in [4.78, 5) is 0. The minimum atomic E-state index is -0.746. The number of ether oxygens (including phenoxy) is 2. The van der Waals surface area contributed by atoms with Gasteiger partial charge in [0.25, 0.3) is 0 Å². The molecule has 1 aliphatic rings. The lowest BCUT2D eigenvalue weighted by molar-refractivity contribution is 0.170. The molecule has 0 aliphatic carbocycles. The van der Waals surface area contributed by atoms with E-state index in [2.05, 4.69) is 26.2 Å². The van der Waals surface area contributed by atoms with Gasteiger partial charge in [0.1, 0.15) is 13.2 Å². The van der Waals surface area contributed by atoms with Gasteiger partial charge in [-0.15, -0.1) is 11.3 Å². The van der Waals surface area contributed by atoms with E-state index in [1.165, 1.54) is 55.8 Å². The Balaban J connectivity index is 2.32. The monoisotopic (exact) mass is 344 g/mol. The first-order valence-corrected chi connectivity index (χ1v) is 11.9. The molecule has 2 heterocycles. The first-order chi connectivity index (χ1) is 10.8. The van der Waals surface area contributed by atoms with Crippen molar-refractivity contribution >= 4 is 21.4 Å². The van der Waals surface area contributed by atoms with Crippen LogP contribution in [0.1, 0.15) is 59.3 Å². The van der Waals surface area contributed by atoms with E-state index in [0.29, 0.717) is 13.2 Å². The molecular formula is C18H32O2S2. The Morgan fingerprint density at radius 3 is 2.00 bits per heavy atom. The third kappa shape index (κ3) is 4.14. The maximum Gasteiger partial charge on any atom is 0.184 e. The zero-order valence-electron chi connectivity index (χ0n) is 14.5. The number of hydrogen-bond donors (Lipinski definition) is 0. The molecule has 0 atom stereocenters. The van der Waals surface area contributed by atoms with Gasteiger partial charge in [0.15, 0.2) is 11.5 Å². The predicted molar refractivity (Wildman–Crippen MR) is 100 cm³/mol. The fourth-order valence-electron chi connectivity index (χ4n) is 2.98. The van der Waals surface area contributed by atoms with Gasteiger partial charge >= 0.3 is 0 Å². The molecule has 2 rings (SSSR count). The van der Waals surface area contributed by atoms with Crippen LogP contribution in [-0.4, -0.2) is 30.5 Å². The molecule has 1 aromatic heterocycles. The molecule has 128 valence electrons. The topological polar surface area (TPSA) is 18.5 Å². The lowest BCUT2D eigenvalue weighted by Crippen LogP contribution is -2.18. The Hall–Kier alpha value is -0.350. The SMILES string of the molecule is CCCCS(CCCC)(CCCC)c1scc2c1OCCO2. The Morgan fingerprint density at radius 2 is 1.45 bits per heavy atom. The zero-order chi connectivity index (χ0) is 15.8. The van der Waals surface area contributed by atoms with Crippen LogP contribution in [0.2, 0.25) is 0 Å². The summed E-state index contributed by atoms with van der Waals surface area (Å²) in [6.45, 7) is 8.35. The fraction of sp³-hybridized carbons (Fsp3) is 0.778. The average molecular weight is 345 g/mol. The molecule has 0 amide bonds. The Bertz CT molecular complexity index is 421. The summed E-state index contributed by atoms with van der Waals surface area (Å²) in [5.41, 5.74) is 0. The molecule has 1 aliphatic heterocycles. The van der Waals surface area contributed by atoms with E-state index < -0.39 is 10.0 Å². The highest BCUT2D eigenvalue weighted by Gasteiger charge is 2.32. The fourth-order valence-corrected chi connectivity index (χ4v) is 9.60. The smallest absolute Gasteiger partial charge is 0.184 e. The first-order valence-electron chi connectivity index (χ1n) is 8.91. The maximum absolute atomic E-state index is 6.05. The number of rotatable bonds is 10. The third-order valence-electron chi connectivity index (χ3n) is 4.33. The molecule has 0 radical (unpaired) electrons. The standard InChI is InChI=1S/C18H32O2S2/c1-4-7-12-22(13-8-5-2,14-9-6-3)18-17-16(15-21-18)19-10-11-20-17/h15H,4-14H2,1-3H3. The van der Waals surface area contributed by atoms with Crippen molar-refractivity contribution in [2.75, 3.05) is 30.5 Å². The Morgan fingerprint density at radius 1 is 0.909 bits per heavy atom. The second kappa shape index (κ2) is 9.07. The summed E-state index contributed by atoms with van der Waals surface area (Å²) in [5.74, 6) is 6.24. The van der Waals surface area contributed by atoms with E-state index in [4.69, 9.17) is 9.47 Å². The van der Waals surface area contributed by atoms with Crippen molar-refractivity contribution < 1.29 is 9.47 Å². The Kier molecular flexibility index (Phi) is 7.42. The molecule has 0 spiro atoms. The van der Waals surface area contributed by atoms with Crippen molar-refractivity contribution in [2.45, 2.75) is 63.5 Å². The predicted octanol–water partition coefficient (Wildman–Crippen LogP) is 6.08. The molecule has 2 nitrogen and oxygen atoms in total. The molecular weight excluding hydrogens is 312 g/mol. The van der Waals surface area contributed by atoms with E-state index in [0.717, 1.165) is 11.5 Å². The molecule has 4 heteroatoms. The van der Waals surface area contributed by atoms with Crippen LogP contribution in [0.4, 0.5) is 0 Å². The minimum absolute atomic E-state index is 0.699. The molecule has 0 unspecified atom stereocenters. The van der Waals surface area contributed by atoms with Gasteiger partial charge in [-0.25, -0.2) is 10.0 Å². The van der Waals surface area contributed by atoms with Crippen LogP contribution in [0.5, 0.6) is 11.5 Å². The summed E-state index contributed by atoms with van der Waals surface area (Å²) >= 11 is 1.91. The first kappa shape index (κ1) is 18.0. The van der Waals surface area contributed by atoms with Gasteiger partial charge in [-0.2, -0.15) is 0 Å². The summed E-state index contributed by atoms with van der Waals surface area (Å²) in [6, 6.07) is 0.